The summed E-state index contributed by atoms with van der Waals surface area (Å²) in [5, 5.41) is 13.9. The number of halogens is 1. The van der Waals surface area contributed by atoms with E-state index in [1.165, 1.54) is 23.1 Å². The van der Waals surface area contributed by atoms with E-state index in [4.69, 9.17) is 4.74 Å². The van der Waals surface area contributed by atoms with Gasteiger partial charge >= 0.3 is 0 Å². The summed E-state index contributed by atoms with van der Waals surface area (Å²) in [5.74, 6) is 0.516. The highest BCUT2D eigenvalue weighted by molar-refractivity contribution is 9.10. The van der Waals surface area contributed by atoms with Crippen LogP contribution in [0.2, 0.25) is 0 Å². The molecule has 2 amide bonds. The van der Waals surface area contributed by atoms with Crippen molar-refractivity contribution in [1.82, 2.24) is 10.2 Å². The van der Waals surface area contributed by atoms with Gasteiger partial charge in [0.2, 0.25) is 11.0 Å². The maximum Gasteiger partial charge on any atom is 0.257 e. The van der Waals surface area contributed by atoms with E-state index < -0.39 is 0 Å². The average Bonchev–Trinajstić information content (AvgIpc) is 3.16. The maximum atomic E-state index is 12.2. The van der Waals surface area contributed by atoms with Gasteiger partial charge in [0.05, 0.1) is 12.4 Å². The Morgan fingerprint density at radius 2 is 1.79 bits per heavy atom. The van der Waals surface area contributed by atoms with Gasteiger partial charge in [0, 0.05) is 15.7 Å². The number of thioether (sulfide) groups is 1. The van der Waals surface area contributed by atoms with Gasteiger partial charge in [0.25, 0.3) is 5.91 Å². The van der Waals surface area contributed by atoms with E-state index in [0.717, 1.165) is 10.2 Å². The molecule has 0 unspecified atom stereocenters. The number of carbonyl (C=O) groups is 2. The molecule has 1 heterocycles. The molecule has 0 saturated carbocycles. The standard InChI is InChI=1S/C19H17BrN4O3S2/c1-2-27-15-9-7-14(8-10-15)21-16(25)11-28-19-24-23-18(29-19)22-17(26)12-3-5-13(20)6-4-12/h3-10H,2,11H2,1H3,(H,21,25)(H,22,23,26). The smallest absolute Gasteiger partial charge is 0.257 e. The first kappa shape index (κ1) is 21.3. The lowest BCUT2D eigenvalue weighted by atomic mass is 10.2. The van der Waals surface area contributed by atoms with Crippen LogP contribution in [-0.4, -0.2) is 34.4 Å². The van der Waals surface area contributed by atoms with E-state index in [2.05, 4.69) is 36.8 Å². The van der Waals surface area contributed by atoms with Crippen molar-refractivity contribution in [2.75, 3.05) is 23.0 Å². The number of ether oxygens (including phenoxy) is 1. The summed E-state index contributed by atoms with van der Waals surface area (Å²) in [5.41, 5.74) is 1.21. The summed E-state index contributed by atoms with van der Waals surface area (Å²) < 4.78 is 6.86. The van der Waals surface area contributed by atoms with E-state index >= 15 is 0 Å². The number of aromatic nitrogens is 2. The minimum atomic E-state index is -0.265. The number of nitrogens with one attached hydrogen (secondary N) is 2. The summed E-state index contributed by atoms with van der Waals surface area (Å²) in [4.78, 5) is 24.3. The van der Waals surface area contributed by atoms with Crippen molar-refractivity contribution in [3.05, 3.63) is 58.6 Å². The Morgan fingerprint density at radius 1 is 1.07 bits per heavy atom. The molecule has 0 spiro atoms. The van der Waals surface area contributed by atoms with Crippen LogP contribution in [0.25, 0.3) is 0 Å². The minimum absolute atomic E-state index is 0.158. The molecule has 0 bridgehead atoms. The maximum absolute atomic E-state index is 12.2. The third kappa shape index (κ3) is 6.55. The topological polar surface area (TPSA) is 93.2 Å². The van der Waals surface area contributed by atoms with Crippen LogP contribution in [-0.2, 0) is 4.79 Å². The van der Waals surface area contributed by atoms with Crippen molar-refractivity contribution >= 4 is 61.7 Å². The molecule has 3 aromatic rings. The van der Waals surface area contributed by atoms with Gasteiger partial charge in [0.1, 0.15) is 5.75 Å². The van der Waals surface area contributed by atoms with Crippen molar-refractivity contribution in [2.24, 2.45) is 0 Å². The second-order valence-corrected chi connectivity index (χ2v) is 8.74. The quantitative estimate of drug-likeness (QED) is 0.350. The first-order valence-electron chi connectivity index (χ1n) is 8.59. The van der Waals surface area contributed by atoms with E-state index in [-0.39, 0.29) is 17.6 Å². The largest absolute Gasteiger partial charge is 0.494 e. The molecule has 0 aliphatic rings. The Labute approximate surface area is 184 Å². The lowest BCUT2D eigenvalue weighted by Crippen LogP contribution is -2.13. The molecule has 10 heteroatoms. The lowest BCUT2D eigenvalue weighted by molar-refractivity contribution is -0.113. The zero-order valence-electron chi connectivity index (χ0n) is 15.3. The third-order valence-corrected chi connectivity index (χ3v) is 6.01. The van der Waals surface area contributed by atoms with Crippen molar-refractivity contribution in [1.29, 1.82) is 0 Å². The molecule has 0 atom stereocenters. The number of benzene rings is 2. The number of rotatable bonds is 8. The molecular formula is C19H17BrN4O3S2. The highest BCUT2D eigenvalue weighted by Gasteiger charge is 2.12. The molecule has 2 aromatic carbocycles. The van der Waals surface area contributed by atoms with Gasteiger partial charge in [-0.1, -0.05) is 39.0 Å². The molecule has 0 aliphatic heterocycles. The molecule has 1 aromatic heterocycles. The molecule has 0 aliphatic carbocycles. The van der Waals surface area contributed by atoms with Gasteiger partial charge in [-0.2, -0.15) is 0 Å². The van der Waals surface area contributed by atoms with Crippen LogP contribution in [0.5, 0.6) is 5.75 Å². The molecule has 0 fully saturated rings. The fraction of sp³-hybridized carbons (Fsp3) is 0.158. The number of amides is 2. The number of hydrogen-bond acceptors (Lipinski definition) is 7. The molecule has 0 radical (unpaired) electrons. The summed E-state index contributed by atoms with van der Waals surface area (Å²) in [6.07, 6.45) is 0. The molecule has 7 nitrogen and oxygen atoms in total. The predicted octanol–water partition coefficient (Wildman–Crippen LogP) is 4.68. The lowest BCUT2D eigenvalue weighted by Gasteiger charge is -2.06. The third-order valence-electron chi connectivity index (χ3n) is 3.51. The SMILES string of the molecule is CCOc1ccc(NC(=O)CSc2nnc(NC(=O)c3ccc(Br)cc3)s2)cc1. The van der Waals surface area contributed by atoms with Crippen molar-refractivity contribution < 1.29 is 14.3 Å². The molecule has 150 valence electrons. The zero-order valence-corrected chi connectivity index (χ0v) is 18.6. The van der Waals surface area contributed by atoms with Gasteiger partial charge in [0.15, 0.2) is 4.34 Å². The van der Waals surface area contributed by atoms with E-state index in [0.29, 0.717) is 27.3 Å². The van der Waals surface area contributed by atoms with Crippen LogP contribution in [0, 0.1) is 0 Å². The van der Waals surface area contributed by atoms with Crippen molar-refractivity contribution in [3.63, 3.8) is 0 Å². The van der Waals surface area contributed by atoms with Crippen LogP contribution in [0.4, 0.5) is 10.8 Å². The number of carbonyl (C=O) groups excluding carboxylic acids is 2. The second kappa shape index (κ2) is 10.4. The second-order valence-electron chi connectivity index (χ2n) is 5.63. The minimum Gasteiger partial charge on any atom is -0.494 e. The molecular weight excluding hydrogens is 476 g/mol. The average molecular weight is 493 g/mol. The Kier molecular flexibility index (Phi) is 7.62. The Morgan fingerprint density at radius 3 is 2.48 bits per heavy atom. The summed E-state index contributed by atoms with van der Waals surface area (Å²) in [7, 11) is 0. The number of hydrogen-bond donors (Lipinski definition) is 2. The Hall–Kier alpha value is -2.43. The van der Waals surface area contributed by atoms with Crippen LogP contribution in [0.3, 0.4) is 0 Å². The Bertz CT molecular complexity index is 978. The zero-order chi connectivity index (χ0) is 20.6. The first-order chi connectivity index (χ1) is 14.0. The van der Waals surface area contributed by atoms with Gasteiger partial charge < -0.3 is 10.1 Å². The summed E-state index contributed by atoms with van der Waals surface area (Å²) >= 11 is 5.80. The predicted molar refractivity (Wildman–Crippen MR) is 119 cm³/mol. The Balaban J connectivity index is 1.47. The highest BCUT2D eigenvalue weighted by atomic mass is 79.9. The molecule has 0 saturated heterocycles. The van der Waals surface area contributed by atoms with Gasteiger partial charge in [-0.3, -0.25) is 14.9 Å². The van der Waals surface area contributed by atoms with Gasteiger partial charge in [-0.15, -0.1) is 10.2 Å². The van der Waals surface area contributed by atoms with Crippen LogP contribution >= 0.6 is 39.0 Å². The van der Waals surface area contributed by atoms with Crippen LogP contribution in [0.1, 0.15) is 17.3 Å². The van der Waals surface area contributed by atoms with Crippen molar-refractivity contribution in [3.8, 4) is 5.75 Å². The fourth-order valence-electron chi connectivity index (χ4n) is 2.21. The van der Waals surface area contributed by atoms with Crippen LogP contribution < -0.4 is 15.4 Å². The monoisotopic (exact) mass is 492 g/mol. The van der Waals surface area contributed by atoms with E-state index in [1.807, 2.05) is 6.92 Å². The summed E-state index contributed by atoms with van der Waals surface area (Å²) in [6.45, 7) is 2.51. The van der Waals surface area contributed by atoms with E-state index in [9.17, 15) is 9.59 Å². The highest BCUT2D eigenvalue weighted by Crippen LogP contribution is 2.26. The molecule has 3 rings (SSSR count). The number of nitrogens with zero attached hydrogens (tertiary/aromatic N) is 2. The van der Waals surface area contributed by atoms with Gasteiger partial charge in [-0.25, -0.2) is 0 Å². The summed E-state index contributed by atoms with van der Waals surface area (Å²) in [6, 6.07) is 14.2. The normalized spacial score (nSPS) is 10.4. The van der Waals surface area contributed by atoms with Crippen LogP contribution in [0.15, 0.2) is 57.3 Å². The van der Waals surface area contributed by atoms with E-state index in [1.54, 1.807) is 48.5 Å². The number of anilines is 2. The van der Waals surface area contributed by atoms with Gasteiger partial charge in [-0.05, 0) is 55.5 Å². The molecule has 29 heavy (non-hydrogen) atoms. The molecule has 2 N–H and O–H groups in total. The first-order valence-corrected chi connectivity index (χ1v) is 11.2. The van der Waals surface area contributed by atoms with Crippen molar-refractivity contribution in [2.45, 2.75) is 11.3 Å². The fourth-order valence-corrected chi connectivity index (χ4v) is 4.03.